The minimum atomic E-state index is -4.31. The highest BCUT2D eigenvalue weighted by Gasteiger charge is 2.29. The van der Waals surface area contributed by atoms with Crippen LogP contribution in [0.25, 0.3) is 10.8 Å². The van der Waals surface area contributed by atoms with Crippen molar-refractivity contribution in [3.05, 3.63) is 83.4 Å². The normalized spacial score (nSPS) is 16.0. The molecule has 1 saturated heterocycles. The van der Waals surface area contributed by atoms with Crippen LogP contribution in [-0.4, -0.2) is 37.4 Å². The Morgan fingerprint density at radius 1 is 0.897 bits per heavy atom. The van der Waals surface area contributed by atoms with Crippen LogP contribution < -0.4 is 4.90 Å². The summed E-state index contributed by atoms with van der Waals surface area (Å²) in [6.45, 7) is 4.60. The van der Waals surface area contributed by atoms with Crippen LogP contribution in [0.1, 0.15) is 16.7 Å². The van der Waals surface area contributed by atoms with Crippen LogP contribution >= 0.6 is 0 Å². The summed E-state index contributed by atoms with van der Waals surface area (Å²) in [5.41, 5.74) is 1.39. The average Bonchev–Trinajstić information content (AvgIpc) is 2.73. The van der Waals surface area contributed by atoms with E-state index < -0.39 is 11.7 Å². The summed E-state index contributed by atoms with van der Waals surface area (Å²) in [6, 6.07) is 20.0. The van der Waals surface area contributed by atoms with Crippen LogP contribution in [0.2, 0.25) is 0 Å². The number of nitrogens with one attached hydrogen (secondary N) is 1. The second-order valence-corrected chi connectivity index (χ2v) is 7.38. The maximum atomic E-state index is 12.6. The molecule has 0 bridgehead atoms. The molecule has 1 fully saturated rings. The Morgan fingerprint density at radius 2 is 1.59 bits per heavy atom. The first-order chi connectivity index (χ1) is 14.0. The molecule has 1 aliphatic rings. The number of hydrogen-bond acceptors (Lipinski definition) is 2. The summed E-state index contributed by atoms with van der Waals surface area (Å²) in [5, 5.41) is 9.02. The average molecular weight is 398 g/mol. The van der Waals surface area contributed by atoms with Crippen LogP contribution in [0.5, 0.6) is 0 Å². The third-order valence-electron chi connectivity index (χ3n) is 5.38. The largest absolute Gasteiger partial charge is 0.416 e. The summed E-state index contributed by atoms with van der Waals surface area (Å²) < 4.78 is 37.9. The van der Waals surface area contributed by atoms with Gasteiger partial charge in [0.05, 0.1) is 38.0 Å². The minimum absolute atomic E-state index is 0.639. The molecule has 0 saturated carbocycles. The maximum absolute atomic E-state index is 12.6. The molecule has 6 heteroatoms. The Bertz CT molecular complexity index is 983. The molecule has 1 N–H and O–H groups in total. The first-order valence-corrected chi connectivity index (χ1v) is 9.75. The van der Waals surface area contributed by atoms with E-state index in [1.54, 1.807) is 6.21 Å². The molecule has 3 aromatic carbocycles. The van der Waals surface area contributed by atoms with Gasteiger partial charge in [-0.15, -0.1) is 0 Å². The number of alkyl halides is 3. The molecule has 3 aromatic rings. The van der Waals surface area contributed by atoms with E-state index in [1.165, 1.54) is 33.4 Å². The van der Waals surface area contributed by atoms with E-state index in [9.17, 15) is 13.2 Å². The van der Waals surface area contributed by atoms with Crippen molar-refractivity contribution < 1.29 is 18.1 Å². The Labute approximate surface area is 168 Å². The molecule has 0 unspecified atom stereocenters. The molecule has 1 heterocycles. The zero-order valence-corrected chi connectivity index (χ0v) is 16.0. The van der Waals surface area contributed by atoms with Crippen molar-refractivity contribution in [1.29, 1.82) is 0 Å². The highest BCUT2D eigenvalue weighted by molar-refractivity contribution is 5.85. The Balaban J connectivity index is 1.33. The molecule has 150 valence electrons. The second kappa shape index (κ2) is 8.25. The molecule has 1 aliphatic heterocycles. The zero-order valence-electron chi connectivity index (χ0n) is 16.0. The summed E-state index contributed by atoms with van der Waals surface area (Å²) >= 11 is 0. The van der Waals surface area contributed by atoms with E-state index in [4.69, 9.17) is 0 Å². The third kappa shape index (κ3) is 4.77. The molecular formula is C23H23F3N3+. The van der Waals surface area contributed by atoms with Gasteiger partial charge in [0.15, 0.2) is 0 Å². The number of rotatable bonds is 4. The van der Waals surface area contributed by atoms with Gasteiger partial charge in [0.25, 0.3) is 0 Å². The fourth-order valence-electron chi connectivity index (χ4n) is 3.73. The molecule has 0 amide bonds. The van der Waals surface area contributed by atoms with Crippen LogP contribution in [0.15, 0.2) is 71.8 Å². The smallest absolute Gasteiger partial charge is 0.328 e. The van der Waals surface area contributed by atoms with Gasteiger partial charge in [0.1, 0.15) is 6.54 Å². The van der Waals surface area contributed by atoms with Gasteiger partial charge in [0.2, 0.25) is 0 Å². The standard InChI is InChI=1S/C23H22F3N3/c24-23(25,26)21-10-8-18(9-11-21)16-27-29-14-12-28(13-15-29)17-20-6-3-5-19-4-1-2-7-22(19)20/h1-11,16H,12-15,17H2/p+1/b27-16-. The van der Waals surface area contributed by atoms with Crippen LogP contribution in [0, 0.1) is 0 Å². The fraction of sp³-hybridized carbons (Fsp3) is 0.261. The van der Waals surface area contributed by atoms with E-state index in [2.05, 4.69) is 47.6 Å². The molecule has 0 spiro atoms. The van der Waals surface area contributed by atoms with Gasteiger partial charge in [-0.3, -0.25) is 5.01 Å². The topological polar surface area (TPSA) is 20.0 Å². The van der Waals surface area contributed by atoms with Crippen molar-refractivity contribution >= 4 is 17.0 Å². The van der Waals surface area contributed by atoms with Gasteiger partial charge >= 0.3 is 6.18 Å². The van der Waals surface area contributed by atoms with E-state index in [-0.39, 0.29) is 0 Å². The lowest BCUT2D eigenvalue weighted by Crippen LogP contribution is -3.13. The van der Waals surface area contributed by atoms with Gasteiger partial charge in [0, 0.05) is 5.56 Å². The fourth-order valence-corrected chi connectivity index (χ4v) is 3.73. The van der Waals surface area contributed by atoms with Crippen LogP contribution in [-0.2, 0) is 12.7 Å². The third-order valence-corrected chi connectivity index (χ3v) is 5.38. The van der Waals surface area contributed by atoms with E-state index >= 15 is 0 Å². The lowest BCUT2D eigenvalue weighted by molar-refractivity contribution is -0.918. The van der Waals surface area contributed by atoms with Crippen molar-refractivity contribution in [3.63, 3.8) is 0 Å². The number of halogens is 3. The van der Waals surface area contributed by atoms with Crippen molar-refractivity contribution in [2.24, 2.45) is 5.10 Å². The Morgan fingerprint density at radius 3 is 2.31 bits per heavy atom. The SMILES string of the molecule is FC(F)(F)c1ccc(/C=N\N2CC[NH+](Cc3cccc4ccccc34)CC2)cc1. The van der Waals surface area contributed by atoms with Crippen molar-refractivity contribution in [1.82, 2.24) is 5.01 Å². The van der Waals surface area contributed by atoms with E-state index in [1.807, 2.05) is 5.01 Å². The van der Waals surface area contributed by atoms with Gasteiger partial charge in [-0.25, -0.2) is 0 Å². The zero-order chi connectivity index (χ0) is 20.3. The molecule has 0 aromatic heterocycles. The van der Waals surface area contributed by atoms with E-state index in [0.29, 0.717) is 5.56 Å². The highest BCUT2D eigenvalue weighted by Crippen LogP contribution is 2.28. The lowest BCUT2D eigenvalue weighted by atomic mass is 10.0. The summed E-state index contributed by atoms with van der Waals surface area (Å²) in [7, 11) is 0. The second-order valence-electron chi connectivity index (χ2n) is 7.38. The predicted octanol–water partition coefficient (Wildman–Crippen LogP) is 3.59. The summed E-state index contributed by atoms with van der Waals surface area (Å²) in [5.74, 6) is 0. The molecule has 0 radical (unpaired) electrons. The minimum Gasteiger partial charge on any atom is -0.328 e. The number of hydrazone groups is 1. The number of hydrogen-bond donors (Lipinski definition) is 1. The van der Waals surface area contributed by atoms with Crippen molar-refractivity contribution in [2.75, 3.05) is 26.2 Å². The quantitative estimate of drug-likeness (QED) is 0.666. The monoisotopic (exact) mass is 398 g/mol. The highest BCUT2D eigenvalue weighted by atomic mass is 19.4. The number of nitrogens with zero attached hydrogens (tertiary/aromatic N) is 2. The number of quaternary nitrogens is 1. The Kier molecular flexibility index (Phi) is 5.53. The Hall–Kier alpha value is -2.86. The summed E-state index contributed by atoms with van der Waals surface area (Å²) in [6.07, 6.45) is -2.67. The number of fused-ring (bicyclic) bond motifs is 1. The van der Waals surface area contributed by atoms with Gasteiger partial charge < -0.3 is 4.90 Å². The first-order valence-electron chi connectivity index (χ1n) is 9.75. The number of piperazine rings is 1. The lowest BCUT2D eigenvalue weighted by Gasteiger charge is -2.30. The molecule has 3 nitrogen and oxygen atoms in total. The molecule has 0 aliphatic carbocycles. The molecule has 4 rings (SSSR count). The molecule has 29 heavy (non-hydrogen) atoms. The van der Waals surface area contributed by atoms with Crippen LogP contribution in [0.4, 0.5) is 13.2 Å². The molecule has 0 atom stereocenters. The van der Waals surface area contributed by atoms with Gasteiger partial charge in [-0.05, 0) is 28.5 Å². The predicted molar refractivity (Wildman–Crippen MR) is 109 cm³/mol. The molecular weight excluding hydrogens is 375 g/mol. The number of benzene rings is 3. The van der Waals surface area contributed by atoms with E-state index in [0.717, 1.165) is 44.9 Å². The van der Waals surface area contributed by atoms with Crippen molar-refractivity contribution in [2.45, 2.75) is 12.7 Å². The van der Waals surface area contributed by atoms with Crippen LogP contribution in [0.3, 0.4) is 0 Å². The maximum Gasteiger partial charge on any atom is 0.416 e. The van der Waals surface area contributed by atoms with Gasteiger partial charge in [-0.1, -0.05) is 54.6 Å². The summed E-state index contributed by atoms with van der Waals surface area (Å²) in [4.78, 5) is 1.52. The van der Waals surface area contributed by atoms with Crippen molar-refractivity contribution in [3.8, 4) is 0 Å². The van der Waals surface area contributed by atoms with Gasteiger partial charge in [-0.2, -0.15) is 18.3 Å². The first kappa shape index (κ1) is 19.5.